The van der Waals surface area contributed by atoms with Crippen LogP contribution in [-0.2, 0) is 6.54 Å². The van der Waals surface area contributed by atoms with Crippen molar-refractivity contribution in [2.75, 3.05) is 44.2 Å². The van der Waals surface area contributed by atoms with Crippen molar-refractivity contribution in [3.05, 3.63) is 89.2 Å². The van der Waals surface area contributed by atoms with Crippen LogP contribution >= 0.6 is 0 Å². The van der Waals surface area contributed by atoms with Crippen molar-refractivity contribution in [2.24, 2.45) is 0 Å². The lowest BCUT2D eigenvalue weighted by molar-refractivity contribution is 0.0594. The fourth-order valence-corrected chi connectivity index (χ4v) is 6.35. The molecule has 3 saturated heterocycles. The SMILES string of the molecule is N#Cc1ccc(CN2CCC(NC(=O)c3ccc(C(=O)N4CCC(Oc5ccc(N6CCCC6)cc5)CC4)cn3)CC2)cc1. The number of carbonyl (C=O) groups excluding carboxylic acids is 2. The summed E-state index contributed by atoms with van der Waals surface area (Å²) in [6.45, 7) is 6.11. The van der Waals surface area contributed by atoms with Crippen LogP contribution in [0.15, 0.2) is 66.9 Å². The molecule has 2 aromatic carbocycles. The van der Waals surface area contributed by atoms with Gasteiger partial charge in [0.25, 0.3) is 11.8 Å². The van der Waals surface area contributed by atoms with Gasteiger partial charge in [0, 0.05) is 76.6 Å². The van der Waals surface area contributed by atoms with Crippen LogP contribution in [0.3, 0.4) is 0 Å². The average molecular weight is 593 g/mol. The Morgan fingerprint density at radius 1 is 0.864 bits per heavy atom. The van der Waals surface area contributed by atoms with Gasteiger partial charge in [0.15, 0.2) is 0 Å². The third-order valence-corrected chi connectivity index (χ3v) is 8.99. The molecule has 0 spiro atoms. The van der Waals surface area contributed by atoms with Gasteiger partial charge in [-0.3, -0.25) is 19.5 Å². The van der Waals surface area contributed by atoms with E-state index in [0.29, 0.717) is 29.9 Å². The molecule has 44 heavy (non-hydrogen) atoms. The summed E-state index contributed by atoms with van der Waals surface area (Å²) in [5, 5.41) is 12.1. The van der Waals surface area contributed by atoms with Gasteiger partial charge in [-0.15, -0.1) is 0 Å². The van der Waals surface area contributed by atoms with Gasteiger partial charge in [-0.25, -0.2) is 0 Å². The van der Waals surface area contributed by atoms with Gasteiger partial charge < -0.3 is 19.9 Å². The van der Waals surface area contributed by atoms with E-state index in [2.05, 4.69) is 50.4 Å². The number of amides is 2. The fourth-order valence-electron chi connectivity index (χ4n) is 6.35. The van der Waals surface area contributed by atoms with Gasteiger partial charge in [0.05, 0.1) is 17.2 Å². The maximum absolute atomic E-state index is 13.1. The minimum absolute atomic E-state index is 0.0625. The molecule has 0 radical (unpaired) electrons. The minimum atomic E-state index is -0.207. The summed E-state index contributed by atoms with van der Waals surface area (Å²) in [7, 11) is 0. The largest absolute Gasteiger partial charge is 0.490 e. The van der Waals surface area contributed by atoms with Crippen molar-refractivity contribution in [3.63, 3.8) is 0 Å². The molecule has 3 aliphatic heterocycles. The number of nitrogens with zero attached hydrogens (tertiary/aromatic N) is 5. The van der Waals surface area contributed by atoms with Crippen LogP contribution in [0.25, 0.3) is 0 Å². The number of likely N-dealkylation sites (tertiary alicyclic amines) is 2. The van der Waals surface area contributed by atoms with E-state index in [0.717, 1.165) is 64.2 Å². The van der Waals surface area contributed by atoms with Gasteiger partial charge in [-0.1, -0.05) is 12.1 Å². The monoisotopic (exact) mass is 592 g/mol. The molecule has 0 saturated carbocycles. The number of nitrogens with one attached hydrogen (secondary N) is 1. The first-order valence-electron chi connectivity index (χ1n) is 15.8. The molecule has 4 heterocycles. The molecule has 6 rings (SSSR count). The molecule has 0 unspecified atom stereocenters. The number of carbonyl (C=O) groups is 2. The van der Waals surface area contributed by atoms with E-state index in [-0.39, 0.29) is 24.0 Å². The summed E-state index contributed by atoms with van der Waals surface area (Å²) in [6.07, 6.45) is 7.40. The second-order valence-electron chi connectivity index (χ2n) is 12.1. The molecule has 0 atom stereocenters. The van der Waals surface area contributed by atoms with Crippen LogP contribution < -0.4 is 15.0 Å². The first-order valence-corrected chi connectivity index (χ1v) is 15.8. The van der Waals surface area contributed by atoms with Gasteiger partial charge in [-0.05, 0) is 79.8 Å². The number of rotatable bonds is 8. The van der Waals surface area contributed by atoms with Crippen LogP contribution in [0.4, 0.5) is 5.69 Å². The third-order valence-electron chi connectivity index (χ3n) is 8.99. The first kappa shape index (κ1) is 29.6. The smallest absolute Gasteiger partial charge is 0.270 e. The summed E-state index contributed by atoms with van der Waals surface area (Å²) in [6, 6.07) is 21.7. The van der Waals surface area contributed by atoms with Crippen LogP contribution in [0, 0.1) is 11.3 Å². The van der Waals surface area contributed by atoms with Gasteiger partial charge in [0.2, 0.25) is 0 Å². The van der Waals surface area contributed by atoms with Gasteiger partial charge in [-0.2, -0.15) is 5.26 Å². The van der Waals surface area contributed by atoms with Crippen molar-refractivity contribution in [1.82, 2.24) is 20.1 Å². The zero-order valence-corrected chi connectivity index (χ0v) is 25.2. The highest BCUT2D eigenvalue weighted by atomic mass is 16.5. The second kappa shape index (κ2) is 13.9. The zero-order chi connectivity index (χ0) is 30.3. The van der Waals surface area contributed by atoms with Crippen molar-refractivity contribution in [2.45, 2.75) is 57.2 Å². The molecule has 1 aromatic heterocycles. The standard InChI is InChI=1S/C35H40N6O3/c36-23-26-3-5-27(6-4-26)25-39-19-13-29(14-20-39)38-34(42)33-12-7-28(24-37-33)35(43)41-21-15-32(16-22-41)44-31-10-8-30(9-11-31)40-17-1-2-18-40/h3-12,24,29,32H,1-2,13-22,25H2,(H,38,42). The Bertz CT molecular complexity index is 1450. The Hall–Kier alpha value is -4.42. The van der Waals surface area contributed by atoms with E-state index in [4.69, 9.17) is 10.00 Å². The highest BCUT2D eigenvalue weighted by Crippen LogP contribution is 2.25. The number of piperidine rings is 2. The molecule has 2 amide bonds. The van der Waals surface area contributed by atoms with E-state index in [1.54, 1.807) is 12.1 Å². The van der Waals surface area contributed by atoms with E-state index >= 15 is 0 Å². The Balaban J connectivity index is 0.922. The number of benzene rings is 2. The number of hydrogen-bond donors (Lipinski definition) is 1. The summed E-state index contributed by atoms with van der Waals surface area (Å²) >= 11 is 0. The maximum atomic E-state index is 13.1. The number of nitriles is 1. The molecule has 228 valence electrons. The van der Waals surface area contributed by atoms with Crippen molar-refractivity contribution in [1.29, 1.82) is 5.26 Å². The summed E-state index contributed by atoms with van der Waals surface area (Å²) in [4.78, 5) is 37.0. The molecule has 9 heteroatoms. The summed E-state index contributed by atoms with van der Waals surface area (Å²) in [5.41, 5.74) is 3.92. The Kier molecular flexibility index (Phi) is 9.37. The average Bonchev–Trinajstić information content (AvgIpc) is 3.62. The third kappa shape index (κ3) is 7.37. The van der Waals surface area contributed by atoms with E-state index < -0.39 is 0 Å². The van der Waals surface area contributed by atoms with E-state index in [9.17, 15) is 9.59 Å². The highest BCUT2D eigenvalue weighted by Gasteiger charge is 2.26. The summed E-state index contributed by atoms with van der Waals surface area (Å²) in [5.74, 6) is 0.609. The van der Waals surface area contributed by atoms with E-state index in [1.807, 2.05) is 29.2 Å². The second-order valence-corrected chi connectivity index (χ2v) is 12.1. The number of ether oxygens (including phenoxy) is 1. The highest BCUT2D eigenvalue weighted by molar-refractivity contribution is 5.96. The Morgan fingerprint density at radius 3 is 2.20 bits per heavy atom. The lowest BCUT2D eigenvalue weighted by atomic mass is 10.0. The predicted molar refractivity (Wildman–Crippen MR) is 169 cm³/mol. The van der Waals surface area contributed by atoms with Crippen molar-refractivity contribution >= 4 is 17.5 Å². The number of anilines is 1. The van der Waals surface area contributed by atoms with Gasteiger partial charge in [0.1, 0.15) is 17.5 Å². The molecular weight excluding hydrogens is 552 g/mol. The maximum Gasteiger partial charge on any atom is 0.270 e. The van der Waals surface area contributed by atoms with Gasteiger partial charge >= 0.3 is 0 Å². The molecule has 3 aromatic rings. The quantitative estimate of drug-likeness (QED) is 0.407. The molecule has 9 nitrogen and oxygen atoms in total. The van der Waals surface area contributed by atoms with E-state index in [1.165, 1.54) is 30.3 Å². The van der Waals surface area contributed by atoms with Crippen LogP contribution in [0.1, 0.15) is 70.5 Å². The minimum Gasteiger partial charge on any atom is -0.490 e. The molecular formula is C35H40N6O3. The molecule has 3 fully saturated rings. The molecule has 3 aliphatic rings. The molecule has 1 N–H and O–H groups in total. The topological polar surface area (TPSA) is 102 Å². The molecule has 0 aliphatic carbocycles. The number of pyridine rings is 1. The lowest BCUT2D eigenvalue weighted by Gasteiger charge is -2.32. The van der Waals surface area contributed by atoms with Crippen molar-refractivity contribution in [3.8, 4) is 11.8 Å². The Labute approximate surface area is 259 Å². The van der Waals surface area contributed by atoms with Crippen molar-refractivity contribution < 1.29 is 14.3 Å². The first-order chi connectivity index (χ1) is 21.5. The lowest BCUT2D eigenvalue weighted by Crippen LogP contribution is -2.44. The number of hydrogen-bond acceptors (Lipinski definition) is 7. The van der Waals surface area contributed by atoms with Crippen LogP contribution in [0.2, 0.25) is 0 Å². The van der Waals surface area contributed by atoms with Crippen LogP contribution in [-0.4, -0.2) is 78.0 Å². The number of aromatic nitrogens is 1. The predicted octanol–water partition coefficient (Wildman–Crippen LogP) is 4.63. The fraction of sp³-hybridized carbons (Fsp3) is 0.429. The zero-order valence-electron chi connectivity index (χ0n) is 25.2. The molecule has 0 bridgehead atoms. The Morgan fingerprint density at radius 2 is 1.57 bits per heavy atom. The normalized spacial score (nSPS) is 18.2. The summed E-state index contributed by atoms with van der Waals surface area (Å²) < 4.78 is 6.23. The van der Waals surface area contributed by atoms with Crippen LogP contribution in [0.5, 0.6) is 5.75 Å².